The lowest BCUT2D eigenvalue weighted by Gasteiger charge is -2.20. The van der Waals surface area contributed by atoms with Crippen molar-refractivity contribution in [2.24, 2.45) is 5.73 Å². The van der Waals surface area contributed by atoms with Crippen LogP contribution >= 0.6 is 7.82 Å². The van der Waals surface area contributed by atoms with Gasteiger partial charge in [0.05, 0.1) is 19.8 Å². The third-order valence-corrected chi connectivity index (χ3v) is 9.76. The van der Waals surface area contributed by atoms with Crippen molar-refractivity contribution in [3.8, 4) is 0 Å². The summed E-state index contributed by atoms with van der Waals surface area (Å²) in [5.74, 6) is -0.352. The minimum Gasteiger partial charge on any atom is -0.457 e. The van der Waals surface area contributed by atoms with Gasteiger partial charge < -0.3 is 20.1 Å². The van der Waals surface area contributed by atoms with Crippen LogP contribution in [0.15, 0.2) is 85.1 Å². The molecular weight excluding hydrogens is 721 g/mol. The van der Waals surface area contributed by atoms with Crippen LogP contribution in [0.5, 0.6) is 0 Å². The summed E-state index contributed by atoms with van der Waals surface area (Å²) in [5, 5.41) is 0. The van der Waals surface area contributed by atoms with E-state index in [0.717, 1.165) is 103 Å². The molecule has 0 rings (SSSR count). The maximum Gasteiger partial charge on any atom is 0.472 e. The van der Waals surface area contributed by atoms with Crippen LogP contribution in [0.4, 0.5) is 0 Å². The summed E-state index contributed by atoms with van der Waals surface area (Å²) in [4.78, 5) is 22.5. The summed E-state index contributed by atoms with van der Waals surface area (Å²) in [6.45, 7) is 4.68. The molecule has 0 spiro atoms. The van der Waals surface area contributed by atoms with Crippen molar-refractivity contribution in [1.29, 1.82) is 0 Å². The zero-order valence-corrected chi connectivity index (χ0v) is 36.5. The number of hydrogen-bond acceptors (Lipinski definition) is 7. The first kappa shape index (κ1) is 53.7. The molecule has 0 aromatic heterocycles. The molecule has 56 heavy (non-hydrogen) atoms. The van der Waals surface area contributed by atoms with Crippen LogP contribution in [0.25, 0.3) is 0 Å². The smallest absolute Gasteiger partial charge is 0.457 e. The van der Waals surface area contributed by atoms with E-state index in [2.05, 4.69) is 98.9 Å². The molecule has 0 amide bonds. The van der Waals surface area contributed by atoms with Crippen molar-refractivity contribution in [3.05, 3.63) is 85.1 Å². The highest BCUT2D eigenvalue weighted by Gasteiger charge is 2.25. The maximum absolute atomic E-state index is 12.6. The number of phosphoric ester groups is 1. The molecule has 0 radical (unpaired) electrons. The van der Waals surface area contributed by atoms with Crippen molar-refractivity contribution in [3.63, 3.8) is 0 Å². The number of hydrogen-bond donors (Lipinski definition) is 2. The van der Waals surface area contributed by atoms with Crippen LogP contribution < -0.4 is 5.73 Å². The van der Waals surface area contributed by atoms with Crippen LogP contribution in [-0.4, -0.2) is 49.9 Å². The lowest BCUT2D eigenvalue weighted by atomic mass is 10.1. The molecule has 3 N–H and O–H groups in total. The van der Waals surface area contributed by atoms with Gasteiger partial charge in [-0.05, 0) is 83.5 Å². The number of nitrogens with two attached hydrogens (primary N) is 1. The van der Waals surface area contributed by atoms with Gasteiger partial charge >= 0.3 is 13.8 Å². The third kappa shape index (κ3) is 42.8. The van der Waals surface area contributed by atoms with Crippen LogP contribution in [0.1, 0.15) is 168 Å². The predicted molar refractivity (Wildman–Crippen MR) is 238 cm³/mol. The Balaban J connectivity index is 4.03. The zero-order valence-electron chi connectivity index (χ0n) is 35.6. The molecule has 2 unspecified atom stereocenters. The van der Waals surface area contributed by atoms with Crippen molar-refractivity contribution in [2.45, 2.75) is 174 Å². The number of allylic oxidation sites excluding steroid dienone is 14. The lowest BCUT2D eigenvalue weighted by molar-refractivity contribution is -0.154. The van der Waals surface area contributed by atoms with Gasteiger partial charge in [0.25, 0.3) is 0 Å². The molecule has 0 aliphatic rings. The summed E-state index contributed by atoms with van der Waals surface area (Å²) in [6.07, 6.45) is 56.0. The molecule has 0 saturated heterocycles. The monoisotopic (exact) mass is 804 g/mol. The van der Waals surface area contributed by atoms with E-state index in [-0.39, 0.29) is 32.3 Å². The Bertz CT molecular complexity index is 1130. The summed E-state index contributed by atoms with van der Waals surface area (Å²) < 4.78 is 33.4. The van der Waals surface area contributed by atoms with E-state index < -0.39 is 13.9 Å². The van der Waals surface area contributed by atoms with Crippen molar-refractivity contribution in [2.75, 3.05) is 33.0 Å². The van der Waals surface area contributed by atoms with E-state index in [4.69, 9.17) is 24.3 Å². The number of carbonyl (C=O) groups excluding carboxylic acids is 1. The Morgan fingerprint density at radius 3 is 1.50 bits per heavy atom. The molecule has 0 aromatic carbocycles. The molecule has 0 aliphatic heterocycles. The van der Waals surface area contributed by atoms with E-state index in [1.54, 1.807) is 0 Å². The highest BCUT2D eigenvalue weighted by Crippen LogP contribution is 2.43. The highest BCUT2D eigenvalue weighted by molar-refractivity contribution is 7.47. The fourth-order valence-corrected chi connectivity index (χ4v) is 6.35. The summed E-state index contributed by atoms with van der Waals surface area (Å²) in [6, 6.07) is 0. The normalized spacial score (nSPS) is 14.3. The average Bonchev–Trinajstić information content (AvgIpc) is 3.19. The molecule has 8 nitrogen and oxygen atoms in total. The van der Waals surface area contributed by atoms with E-state index in [9.17, 15) is 14.3 Å². The molecule has 2 atom stereocenters. The van der Waals surface area contributed by atoms with Crippen LogP contribution in [-0.2, 0) is 27.9 Å². The number of unbranched alkanes of at least 4 members (excludes halogenated alkanes) is 14. The van der Waals surface area contributed by atoms with Gasteiger partial charge in [0.1, 0.15) is 6.10 Å². The predicted octanol–water partition coefficient (Wildman–Crippen LogP) is 13.3. The zero-order chi connectivity index (χ0) is 40.9. The summed E-state index contributed by atoms with van der Waals surface area (Å²) in [5.41, 5.74) is 5.37. The van der Waals surface area contributed by atoms with E-state index in [1.807, 2.05) is 0 Å². The Morgan fingerprint density at radius 2 is 1.00 bits per heavy atom. The van der Waals surface area contributed by atoms with Crippen LogP contribution in [0, 0.1) is 0 Å². The number of carbonyl (C=O) groups is 1. The van der Waals surface area contributed by atoms with E-state index >= 15 is 0 Å². The third-order valence-electron chi connectivity index (χ3n) is 8.78. The van der Waals surface area contributed by atoms with Gasteiger partial charge in [-0.2, -0.15) is 0 Å². The lowest BCUT2D eigenvalue weighted by Crippen LogP contribution is -2.28. The first-order valence-corrected chi connectivity index (χ1v) is 23.6. The Kier molecular flexibility index (Phi) is 42.0. The summed E-state index contributed by atoms with van der Waals surface area (Å²) >= 11 is 0. The molecule has 0 bridgehead atoms. The number of rotatable bonds is 41. The van der Waals surface area contributed by atoms with E-state index in [0.29, 0.717) is 13.0 Å². The second-order valence-electron chi connectivity index (χ2n) is 14.2. The van der Waals surface area contributed by atoms with Gasteiger partial charge in [-0.25, -0.2) is 4.57 Å². The van der Waals surface area contributed by atoms with E-state index in [1.165, 1.54) is 44.9 Å². The number of ether oxygens (including phenoxy) is 2. The maximum atomic E-state index is 12.6. The number of esters is 1. The topological polar surface area (TPSA) is 117 Å². The average molecular weight is 804 g/mol. The van der Waals surface area contributed by atoms with Gasteiger partial charge in [-0.15, -0.1) is 0 Å². The minimum atomic E-state index is -4.29. The van der Waals surface area contributed by atoms with Crippen molar-refractivity contribution in [1.82, 2.24) is 0 Å². The van der Waals surface area contributed by atoms with Gasteiger partial charge in [0.2, 0.25) is 0 Å². The molecule has 0 aliphatic carbocycles. The van der Waals surface area contributed by atoms with Crippen molar-refractivity contribution < 1.29 is 32.8 Å². The first-order chi connectivity index (χ1) is 27.4. The van der Waals surface area contributed by atoms with Crippen LogP contribution in [0.2, 0.25) is 0 Å². The molecule has 322 valence electrons. The van der Waals surface area contributed by atoms with Gasteiger partial charge in [0, 0.05) is 19.6 Å². The Hall–Kier alpha value is -2.32. The quantitative estimate of drug-likeness (QED) is 0.0272. The molecule has 0 saturated carbocycles. The van der Waals surface area contributed by atoms with Crippen molar-refractivity contribution >= 4 is 13.8 Å². The SMILES string of the molecule is CC/C=C\C/C=C\C/C=C\C/C=C\C/C=C\CCCCCCCCCCOCC(COP(=O)(O)OCCN)OC(=O)CCCCCCC/C=C\C/C=C\CCC. The highest BCUT2D eigenvalue weighted by atomic mass is 31.2. The fraction of sp³-hybridized carbons (Fsp3) is 0.681. The largest absolute Gasteiger partial charge is 0.472 e. The van der Waals surface area contributed by atoms with Gasteiger partial charge in [-0.3, -0.25) is 13.8 Å². The molecule has 0 heterocycles. The standard InChI is InChI=1S/C47H82NO7P/c1-3-5-7-9-11-13-15-17-18-19-20-21-22-23-24-25-26-27-29-31-33-35-37-39-42-52-44-46(45-54-56(50,51)53-43-41-48)55-47(49)40-38-36-34-32-30-28-16-14-12-10-8-6-4-2/h5,7-8,10-11,13-14,16-18,20-21,23-24,46H,3-4,6,9,12,15,19,22,25-45,48H2,1-2H3,(H,50,51)/b7-5-,10-8-,13-11-,16-14-,18-17-,21-20-,24-23-. The molecule has 0 fully saturated rings. The van der Waals surface area contributed by atoms with Gasteiger partial charge in [-0.1, -0.05) is 163 Å². The second-order valence-corrected chi connectivity index (χ2v) is 15.6. The van der Waals surface area contributed by atoms with Gasteiger partial charge in [0.15, 0.2) is 0 Å². The molecule has 0 aromatic rings. The number of phosphoric acid groups is 1. The minimum absolute atomic E-state index is 0.0919. The second kappa shape index (κ2) is 43.8. The summed E-state index contributed by atoms with van der Waals surface area (Å²) in [7, 11) is -4.29. The molecule has 9 heteroatoms. The Morgan fingerprint density at radius 1 is 0.554 bits per heavy atom. The fourth-order valence-electron chi connectivity index (χ4n) is 5.59. The molecular formula is C47H82NO7P. The first-order valence-electron chi connectivity index (χ1n) is 22.1. The Labute approximate surface area is 343 Å². The van der Waals surface area contributed by atoms with Crippen LogP contribution in [0.3, 0.4) is 0 Å².